The van der Waals surface area contributed by atoms with Gasteiger partial charge in [0, 0.05) is 43.3 Å². The Morgan fingerprint density at radius 1 is 1.14 bits per heavy atom. The van der Waals surface area contributed by atoms with Crippen LogP contribution in [-0.2, 0) is 12.7 Å². The van der Waals surface area contributed by atoms with E-state index in [0.29, 0.717) is 48.3 Å². The second-order valence-electron chi connectivity index (χ2n) is 9.95. The normalized spacial score (nSPS) is 15.1. The average Bonchev–Trinajstić information content (AvgIpc) is 3.14. The molecule has 218 valence electrons. The van der Waals surface area contributed by atoms with Gasteiger partial charge in [0.15, 0.2) is 0 Å². The first-order chi connectivity index (χ1) is 20.2. The Morgan fingerprint density at radius 2 is 1.93 bits per heavy atom. The summed E-state index contributed by atoms with van der Waals surface area (Å²) in [6, 6.07) is 8.64. The van der Waals surface area contributed by atoms with Crippen LogP contribution in [0.2, 0.25) is 0 Å². The van der Waals surface area contributed by atoms with E-state index in [4.69, 9.17) is 4.99 Å². The van der Waals surface area contributed by atoms with Crippen molar-refractivity contribution in [1.29, 1.82) is 0 Å². The number of alkyl halides is 3. The van der Waals surface area contributed by atoms with Crippen molar-refractivity contribution in [2.75, 3.05) is 36.4 Å². The van der Waals surface area contributed by atoms with Gasteiger partial charge >= 0.3 is 6.18 Å². The molecule has 0 radical (unpaired) electrons. The van der Waals surface area contributed by atoms with E-state index >= 15 is 4.39 Å². The van der Waals surface area contributed by atoms with E-state index < -0.39 is 23.8 Å². The minimum Gasteiger partial charge on any atom is -0.367 e. The standard InChI is InChI=1S/C31H30F4N6O/c1-3-6-22-17-21-9-8-20(4-2)28(38-23-10-11-27(25(32)18-23)40-15-13-36-14-16-40)39-29(21)41(30(22)42)19-26-24(31(33,34)35)7-5-12-37-26/h5,7,9-12,17-18,36,38H,4,8,13-16,19H2,1-2H3. The van der Waals surface area contributed by atoms with E-state index in [2.05, 4.69) is 27.5 Å². The summed E-state index contributed by atoms with van der Waals surface area (Å²) in [4.78, 5) is 24.3. The van der Waals surface area contributed by atoms with Crippen LogP contribution in [0, 0.1) is 17.7 Å². The van der Waals surface area contributed by atoms with Gasteiger partial charge in [0.25, 0.3) is 5.56 Å². The number of allylic oxidation sites excluding steroid dienone is 1. The number of fused-ring (bicyclic) bond motifs is 1. The quantitative estimate of drug-likeness (QED) is 0.344. The van der Waals surface area contributed by atoms with Crippen molar-refractivity contribution in [1.82, 2.24) is 14.9 Å². The van der Waals surface area contributed by atoms with Gasteiger partial charge in [0.2, 0.25) is 0 Å². The highest BCUT2D eigenvalue weighted by atomic mass is 19.4. The Bertz CT molecular complexity index is 1780. The van der Waals surface area contributed by atoms with Crippen molar-refractivity contribution in [3.8, 4) is 11.8 Å². The fraction of sp³-hybridized carbons (Fsp3) is 0.323. The number of pyridine rings is 2. The third-order valence-corrected chi connectivity index (χ3v) is 7.27. The summed E-state index contributed by atoms with van der Waals surface area (Å²) in [6.45, 7) is 6.02. The number of anilines is 2. The van der Waals surface area contributed by atoms with E-state index in [9.17, 15) is 18.0 Å². The highest BCUT2D eigenvalue weighted by Crippen LogP contribution is 2.31. The molecular weight excluding hydrogens is 548 g/mol. The average molecular weight is 579 g/mol. The summed E-state index contributed by atoms with van der Waals surface area (Å²) in [7, 11) is 0. The number of piperazine rings is 1. The molecule has 1 aromatic carbocycles. The topological polar surface area (TPSA) is 74.5 Å². The number of aromatic nitrogens is 2. The minimum absolute atomic E-state index is 0.146. The number of nitrogens with zero attached hydrogens (tertiary/aromatic N) is 4. The molecule has 1 saturated heterocycles. The van der Waals surface area contributed by atoms with Gasteiger partial charge in [-0.2, -0.15) is 13.2 Å². The van der Waals surface area contributed by atoms with Crippen LogP contribution in [0.3, 0.4) is 0 Å². The maximum Gasteiger partial charge on any atom is 0.418 e. The number of rotatable bonds is 6. The van der Waals surface area contributed by atoms with Crippen molar-refractivity contribution >= 4 is 17.5 Å². The number of halogens is 4. The second-order valence-corrected chi connectivity index (χ2v) is 9.95. The molecule has 2 aliphatic rings. The molecule has 0 unspecified atom stereocenters. The van der Waals surface area contributed by atoms with Crippen molar-refractivity contribution in [3.05, 3.63) is 97.7 Å². The number of hydrogen-bond acceptors (Lipinski definition) is 6. The van der Waals surface area contributed by atoms with Crippen molar-refractivity contribution in [2.24, 2.45) is 4.99 Å². The van der Waals surface area contributed by atoms with Crippen LogP contribution in [-0.4, -0.2) is 35.7 Å². The molecule has 0 aliphatic carbocycles. The third kappa shape index (κ3) is 6.09. The van der Waals surface area contributed by atoms with Gasteiger partial charge in [-0.1, -0.05) is 18.9 Å². The summed E-state index contributed by atoms with van der Waals surface area (Å²) in [5.74, 6) is 5.49. The molecule has 5 rings (SSSR count). The van der Waals surface area contributed by atoms with Gasteiger partial charge < -0.3 is 15.5 Å². The lowest BCUT2D eigenvalue weighted by Gasteiger charge is -2.29. The molecule has 7 nitrogen and oxygen atoms in total. The van der Waals surface area contributed by atoms with Crippen LogP contribution in [0.4, 0.5) is 28.9 Å². The molecule has 2 aromatic heterocycles. The fourth-order valence-corrected chi connectivity index (χ4v) is 5.12. The van der Waals surface area contributed by atoms with E-state index in [1.807, 2.05) is 17.9 Å². The monoisotopic (exact) mass is 578 g/mol. The first-order valence-corrected chi connectivity index (χ1v) is 13.7. The lowest BCUT2D eigenvalue weighted by atomic mass is 10.1. The highest BCUT2D eigenvalue weighted by Gasteiger charge is 2.34. The zero-order valence-corrected chi connectivity index (χ0v) is 23.3. The van der Waals surface area contributed by atoms with Gasteiger partial charge in [-0.25, -0.2) is 9.38 Å². The van der Waals surface area contributed by atoms with Crippen LogP contribution in [0.25, 0.3) is 6.08 Å². The molecule has 0 atom stereocenters. The van der Waals surface area contributed by atoms with E-state index in [1.165, 1.54) is 22.9 Å². The molecule has 3 aromatic rings. The predicted molar refractivity (Wildman–Crippen MR) is 154 cm³/mol. The fourth-order valence-electron chi connectivity index (χ4n) is 5.12. The molecular formula is C31H30F4N6O. The Morgan fingerprint density at radius 3 is 2.62 bits per heavy atom. The molecule has 2 N–H and O–H groups in total. The second kappa shape index (κ2) is 12.2. The maximum atomic E-state index is 15.2. The summed E-state index contributed by atoms with van der Waals surface area (Å²) in [5, 5.41) is 7.01. The van der Waals surface area contributed by atoms with Gasteiger partial charge in [-0.3, -0.25) is 14.3 Å². The first kappa shape index (κ1) is 29.1. The van der Waals surface area contributed by atoms with Gasteiger partial charge in [0.1, 0.15) is 17.1 Å². The predicted octanol–water partition coefficient (Wildman–Crippen LogP) is 3.77. The number of hydrogen-bond donors (Lipinski definition) is 2. The van der Waals surface area contributed by atoms with E-state index in [0.717, 1.165) is 24.7 Å². The molecule has 0 bridgehead atoms. The van der Waals surface area contributed by atoms with Gasteiger partial charge in [-0.15, -0.1) is 5.92 Å². The Kier molecular flexibility index (Phi) is 8.45. The Labute approximate surface area is 240 Å². The van der Waals surface area contributed by atoms with Crippen LogP contribution in [0.5, 0.6) is 0 Å². The molecule has 0 amide bonds. The van der Waals surface area contributed by atoms with Crippen molar-refractivity contribution in [2.45, 2.75) is 39.4 Å². The zero-order chi connectivity index (χ0) is 29.9. The smallest absolute Gasteiger partial charge is 0.367 e. The van der Waals surface area contributed by atoms with Crippen LogP contribution >= 0.6 is 0 Å². The summed E-state index contributed by atoms with van der Waals surface area (Å²) < 4.78 is 57.8. The lowest BCUT2D eigenvalue weighted by molar-refractivity contribution is -0.138. The highest BCUT2D eigenvalue weighted by molar-refractivity contribution is 5.59. The first-order valence-electron chi connectivity index (χ1n) is 13.7. The van der Waals surface area contributed by atoms with Crippen LogP contribution in [0.15, 0.2) is 63.8 Å². The summed E-state index contributed by atoms with van der Waals surface area (Å²) in [6.07, 6.45) is -0.460. The number of nitrogens with one attached hydrogen (secondary N) is 2. The zero-order valence-electron chi connectivity index (χ0n) is 23.3. The third-order valence-electron chi connectivity index (χ3n) is 7.27. The molecule has 0 saturated carbocycles. The van der Waals surface area contributed by atoms with E-state index in [1.54, 1.807) is 25.1 Å². The molecule has 42 heavy (non-hydrogen) atoms. The van der Waals surface area contributed by atoms with Gasteiger partial charge in [-0.05, 0) is 61.7 Å². The molecule has 0 spiro atoms. The largest absolute Gasteiger partial charge is 0.418 e. The van der Waals surface area contributed by atoms with Crippen molar-refractivity contribution in [3.63, 3.8) is 0 Å². The Hall–Kier alpha value is -4.43. The lowest BCUT2D eigenvalue weighted by Crippen LogP contribution is -2.45. The SMILES string of the molecule is CC#Cc1cc2c(n(Cc3ncccc3C(F)(F)F)c1=O)=NC(Nc1ccc(N3CCNCC3)c(F)c1)=C(CC)CC=2. The molecule has 4 heterocycles. The molecule has 2 aliphatic heterocycles. The Balaban J connectivity index is 1.62. The summed E-state index contributed by atoms with van der Waals surface area (Å²) in [5.41, 5.74) is 0.354. The molecule has 11 heteroatoms. The van der Waals surface area contributed by atoms with Crippen LogP contribution in [0.1, 0.15) is 43.5 Å². The minimum atomic E-state index is -4.66. The maximum absolute atomic E-state index is 15.2. The van der Waals surface area contributed by atoms with E-state index in [-0.39, 0.29) is 22.6 Å². The van der Waals surface area contributed by atoms with Crippen molar-refractivity contribution < 1.29 is 17.6 Å². The van der Waals surface area contributed by atoms with Gasteiger partial charge in [0.05, 0.1) is 29.1 Å². The molecule has 1 fully saturated rings. The number of benzene rings is 1. The summed E-state index contributed by atoms with van der Waals surface area (Å²) >= 11 is 0. The van der Waals surface area contributed by atoms with Crippen LogP contribution < -0.4 is 31.8 Å².